The first kappa shape index (κ1) is 8.75. The summed E-state index contributed by atoms with van der Waals surface area (Å²) in [5.41, 5.74) is 6.36. The van der Waals surface area contributed by atoms with Crippen LogP contribution in [-0.2, 0) is 0 Å². The number of nitrogen functional groups attached to an aromatic ring is 1. The minimum Gasteiger partial charge on any atom is -0.490 e. The third-order valence-corrected chi connectivity index (χ3v) is 3.20. The molecule has 1 atom stereocenters. The second-order valence-electron chi connectivity index (χ2n) is 3.17. The molecule has 0 bridgehead atoms. The Morgan fingerprint density at radius 3 is 2.69 bits per heavy atom. The molecule has 0 saturated carbocycles. The van der Waals surface area contributed by atoms with Crippen molar-refractivity contribution in [2.24, 2.45) is 0 Å². The minimum absolute atomic E-state index is 0.397. The third-order valence-electron chi connectivity index (χ3n) is 2.07. The molecule has 0 radical (unpaired) electrons. The zero-order valence-corrected chi connectivity index (χ0v) is 8.22. The summed E-state index contributed by atoms with van der Waals surface area (Å²) in [5.74, 6) is 3.27. The fourth-order valence-electron chi connectivity index (χ4n) is 1.34. The molecule has 13 heavy (non-hydrogen) atoms. The first-order valence-corrected chi connectivity index (χ1v) is 5.60. The van der Waals surface area contributed by atoms with Gasteiger partial charge in [-0.3, -0.25) is 0 Å². The Bertz CT molecular complexity index is 267. The highest BCUT2D eigenvalue weighted by atomic mass is 32.2. The number of hydrogen-bond acceptors (Lipinski definition) is 3. The Morgan fingerprint density at radius 1 is 1.31 bits per heavy atom. The number of nitrogens with two attached hydrogens (primary N) is 1. The summed E-state index contributed by atoms with van der Waals surface area (Å²) in [4.78, 5) is 0. The zero-order valence-electron chi connectivity index (χ0n) is 7.40. The highest BCUT2D eigenvalue weighted by Gasteiger charge is 2.16. The van der Waals surface area contributed by atoms with Crippen LogP contribution in [0.4, 0.5) is 5.69 Å². The molecule has 1 heterocycles. The van der Waals surface area contributed by atoms with Crippen molar-refractivity contribution in [3.63, 3.8) is 0 Å². The minimum atomic E-state index is 0.397. The van der Waals surface area contributed by atoms with E-state index in [9.17, 15) is 0 Å². The lowest BCUT2D eigenvalue weighted by Crippen LogP contribution is -2.14. The second-order valence-corrected chi connectivity index (χ2v) is 4.32. The van der Waals surface area contributed by atoms with Gasteiger partial charge in [0.25, 0.3) is 0 Å². The lowest BCUT2D eigenvalue weighted by molar-refractivity contribution is 0.229. The molecule has 0 amide bonds. The number of benzene rings is 1. The van der Waals surface area contributed by atoms with E-state index in [1.54, 1.807) is 0 Å². The SMILES string of the molecule is Nc1ccc(O[C@H]2CCSC2)cc1. The standard InChI is InChI=1S/C10H13NOS/c11-8-1-3-9(4-2-8)12-10-5-6-13-7-10/h1-4,10H,5-7,11H2/t10-/m0/s1. The summed E-state index contributed by atoms with van der Waals surface area (Å²) in [6, 6.07) is 7.60. The average Bonchev–Trinajstić information content (AvgIpc) is 2.62. The first-order chi connectivity index (χ1) is 6.34. The number of anilines is 1. The average molecular weight is 195 g/mol. The molecule has 2 N–H and O–H groups in total. The van der Waals surface area contributed by atoms with Crippen molar-refractivity contribution in [3.8, 4) is 5.75 Å². The summed E-state index contributed by atoms with van der Waals surface area (Å²) in [7, 11) is 0. The maximum atomic E-state index is 5.75. The molecule has 1 fully saturated rings. The van der Waals surface area contributed by atoms with Gasteiger partial charge in [0, 0.05) is 11.4 Å². The molecule has 2 nitrogen and oxygen atoms in total. The van der Waals surface area contributed by atoms with Gasteiger partial charge in [-0.05, 0) is 36.4 Å². The largest absolute Gasteiger partial charge is 0.490 e. The molecule has 1 aliphatic heterocycles. The topological polar surface area (TPSA) is 35.2 Å². The van der Waals surface area contributed by atoms with Gasteiger partial charge in [0.1, 0.15) is 11.9 Å². The number of rotatable bonds is 2. The molecule has 1 aliphatic rings. The lowest BCUT2D eigenvalue weighted by Gasteiger charge is -2.11. The van der Waals surface area contributed by atoms with E-state index >= 15 is 0 Å². The normalized spacial score (nSPS) is 21.7. The summed E-state index contributed by atoms with van der Waals surface area (Å²) >= 11 is 1.95. The smallest absolute Gasteiger partial charge is 0.119 e. The predicted molar refractivity (Wildman–Crippen MR) is 57.2 cm³/mol. The number of thioether (sulfide) groups is 1. The molecule has 0 spiro atoms. The summed E-state index contributed by atoms with van der Waals surface area (Å²) in [6.07, 6.45) is 1.56. The Balaban J connectivity index is 1.97. The lowest BCUT2D eigenvalue weighted by atomic mass is 10.3. The highest BCUT2D eigenvalue weighted by Crippen LogP contribution is 2.23. The van der Waals surface area contributed by atoms with E-state index < -0.39 is 0 Å². The van der Waals surface area contributed by atoms with E-state index in [0.29, 0.717) is 6.10 Å². The second kappa shape index (κ2) is 3.92. The summed E-state index contributed by atoms with van der Waals surface area (Å²) in [5, 5.41) is 0. The molecule has 1 aromatic rings. The van der Waals surface area contributed by atoms with Crippen LogP contribution in [0, 0.1) is 0 Å². The van der Waals surface area contributed by atoms with Crippen molar-refractivity contribution in [1.29, 1.82) is 0 Å². The molecule has 1 aromatic carbocycles. The van der Waals surface area contributed by atoms with E-state index in [0.717, 1.165) is 23.6 Å². The highest BCUT2D eigenvalue weighted by molar-refractivity contribution is 7.99. The van der Waals surface area contributed by atoms with Crippen molar-refractivity contribution in [3.05, 3.63) is 24.3 Å². The molecule has 0 aliphatic carbocycles. The van der Waals surface area contributed by atoms with Crippen LogP contribution in [-0.4, -0.2) is 17.6 Å². The van der Waals surface area contributed by atoms with Crippen LogP contribution in [0.3, 0.4) is 0 Å². The van der Waals surface area contributed by atoms with Gasteiger partial charge in [0.15, 0.2) is 0 Å². The number of hydrogen-bond donors (Lipinski definition) is 1. The van der Waals surface area contributed by atoms with Crippen LogP contribution in [0.1, 0.15) is 6.42 Å². The molecule has 0 aromatic heterocycles. The maximum Gasteiger partial charge on any atom is 0.119 e. The van der Waals surface area contributed by atoms with Crippen LogP contribution in [0.5, 0.6) is 5.75 Å². The molecular formula is C10H13NOS. The van der Waals surface area contributed by atoms with Crippen LogP contribution in [0.15, 0.2) is 24.3 Å². The van der Waals surface area contributed by atoms with Gasteiger partial charge < -0.3 is 10.5 Å². The maximum absolute atomic E-state index is 5.75. The van der Waals surface area contributed by atoms with Gasteiger partial charge in [-0.1, -0.05) is 0 Å². The first-order valence-electron chi connectivity index (χ1n) is 4.44. The van der Waals surface area contributed by atoms with Crippen LogP contribution in [0.2, 0.25) is 0 Å². The van der Waals surface area contributed by atoms with Crippen LogP contribution in [0.25, 0.3) is 0 Å². The Kier molecular flexibility index (Phi) is 2.64. The van der Waals surface area contributed by atoms with E-state index in [4.69, 9.17) is 10.5 Å². The van der Waals surface area contributed by atoms with Gasteiger partial charge in [0.05, 0.1) is 0 Å². The Hall–Kier alpha value is -0.830. The fourth-order valence-corrected chi connectivity index (χ4v) is 2.44. The Labute approximate surface area is 82.5 Å². The Morgan fingerprint density at radius 2 is 2.08 bits per heavy atom. The van der Waals surface area contributed by atoms with Crippen LogP contribution < -0.4 is 10.5 Å². The summed E-state index contributed by atoms with van der Waals surface area (Å²) < 4.78 is 5.75. The third kappa shape index (κ3) is 2.31. The molecule has 70 valence electrons. The fraction of sp³-hybridized carbons (Fsp3) is 0.400. The summed E-state index contributed by atoms with van der Waals surface area (Å²) in [6.45, 7) is 0. The zero-order chi connectivity index (χ0) is 9.10. The molecule has 0 unspecified atom stereocenters. The van der Waals surface area contributed by atoms with Crippen molar-refractivity contribution < 1.29 is 4.74 Å². The van der Waals surface area contributed by atoms with Crippen molar-refractivity contribution >= 4 is 17.4 Å². The van der Waals surface area contributed by atoms with Crippen molar-refractivity contribution in [2.75, 3.05) is 17.2 Å². The van der Waals surface area contributed by atoms with Gasteiger partial charge in [0.2, 0.25) is 0 Å². The quantitative estimate of drug-likeness (QED) is 0.734. The molecular weight excluding hydrogens is 182 g/mol. The predicted octanol–water partition coefficient (Wildman–Crippen LogP) is 2.15. The van der Waals surface area contributed by atoms with Crippen molar-refractivity contribution in [2.45, 2.75) is 12.5 Å². The number of ether oxygens (including phenoxy) is 1. The van der Waals surface area contributed by atoms with Gasteiger partial charge in [-0.15, -0.1) is 0 Å². The molecule has 2 rings (SSSR count). The van der Waals surface area contributed by atoms with E-state index in [1.807, 2.05) is 36.0 Å². The van der Waals surface area contributed by atoms with Gasteiger partial charge in [-0.25, -0.2) is 0 Å². The molecule has 1 saturated heterocycles. The molecule has 3 heteroatoms. The van der Waals surface area contributed by atoms with E-state index in [2.05, 4.69) is 0 Å². The van der Waals surface area contributed by atoms with Crippen molar-refractivity contribution in [1.82, 2.24) is 0 Å². The van der Waals surface area contributed by atoms with E-state index in [1.165, 1.54) is 5.75 Å². The monoisotopic (exact) mass is 195 g/mol. The van der Waals surface area contributed by atoms with Gasteiger partial charge in [-0.2, -0.15) is 11.8 Å². The van der Waals surface area contributed by atoms with Crippen LogP contribution >= 0.6 is 11.8 Å². The van der Waals surface area contributed by atoms with E-state index in [-0.39, 0.29) is 0 Å². The van der Waals surface area contributed by atoms with Gasteiger partial charge >= 0.3 is 0 Å².